The summed E-state index contributed by atoms with van der Waals surface area (Å²) in [6.07, 6.45) is 1.16. The quantitative estimate of drug-likeness (QED) is 0.875. The van der Waals surface area contributed by atoms with Crippen molar-refractivity contribution in [2.75, 3.05) is 13.7 Å². The fourth-order valence-corrected chi connectivity index (χ4v) is 3.01. The standard InChI is InChI=1S/C16H23F2NO/c1-3-20-14-6-4-12(5-7-14)15(19-2)13-8-10-16(17,18)11-9-13/h4-7,13,15,19H,3,8-11H2,1-2H3. The van der Waals surface area contributed by atoms with Gasteiger partial charge in [0, 0.05) is 18.9 Å². The molecule has 4 heteroatoms. The molecule has 0 saturated heterocycles. The second-order valence-electron chi connectivity index (χ2n) is 5.46. The minimum atomic E-state index is -2.46. The Kier molecular flexibility index (Phi) is 4.97. The summed E-state index contributed by atoms with van der Waals surface area (Å²) in [6.45, 7) is 2.60. The molecule has 2 rings (SSSR count). The van der Waals surface area contributed by atoms with Crippen LogP contribution in [0.4, 0.5) is 8.78 Å². The van der Waals surface area contributed by atoms with Gasteiger partial charge in [0.2, 0.25) is 5.92 Å². The van der Waals surface area contributed by atoms with Gasteiger partial charge in [-0.2, -0.15) is 0 Å². The molecule has 1 aromatic carbocycles. The lowest BCUT2D eigenvalue weighted by atomic mass is 9.79. The van der Waals surface area contributed by atoms with Gasteiger partial charge in [-0.1, -0.05) is 12.1 Å². The van der Waals surface area contributed by atoms with Crippen LogP contribution in [0.3, 0.4) is 0 Å². The maximum absolute atomic E-state index is 13.2. The van der Waals surface area contributed by atoms with Crippen LogP contribution in [0.15, 0.2) is 24.3 Å². The Labute approximate surface area is 119 Å². The predicted molar refractivity (Wildman–Crippen MR) is 76.3 cm³/mol. The first-order chi connectivity index (χ1) is 9.55. The van der Waals surface area contributed by atoms with Crippen molar-refractivity contribution in [2.45, 2.75) is 44.6 Å². The SMILES string of the molecule is CCOc1ccc(C(NC)C2CCC(F)(F)CC2)cc1. The van der Waals surface area contributed by atoms with Crippen LogP contribution in [-0.2, 0) is 0 Å². The van der Waals surface area contributed by atoms with E-state index in [0.717, 1.165) is 11.3 Å². The van der Waals surface area contributed by atoms with Gasteiger partial charge in [0.05, 0.1) is 6.61 Å². The number of halogens is 2. The fourth-order valence-electron chi connectivity index (χ4n) is 3.01. The molecular formula is C16H23F2NO. The smallest absolute Gasteiger partial charge is 0.248 e. The van der Waals surface area contributed by atoms with Gasteiger partial charge >= 0.3 is 0 Å². The second-order valence-corrected chi connectivity index (χ2v) is 5.46. The molecule has 1 N–H and O–H groups in total. The van der Waals surface area contributed by atoms with Crippen LogP contribution in [-0.4, -0.2) is 19.6 Å². The van der Waals surface area contributed by atoms with Crippen LogP contribution in [0.1, 0.15) is 44.2 Å². The number of hydrogen-bond acceptors (Lipinski definition) is 2. The molecular weight excluding hydrogens is 260 g/mol. The van der Waals surface area contributed by atoms with E-state index in [-0.39, 0.29) is 24.8 Å². The highest BCUT2D eigenvalue weighted by atomic mass is 19.3. The Balaban J connectivity index is 2.04. The zero-order chi connectivity index (χ0) is 14.6. The van der Waals surface area contributed by atoms with Gasteiger partial charge in [-0.05, 0) is 50.4 Å². The summed E-state index contributed by atoms with van der Waals surface area (Å²) >= 11 is 0. The normalized spacial score (nSPS) is 20.6. The zero-order valence-corrected chi connectivity index (χ0v) is 12.2. The highest BCUT2D eigenvalue weighted by molar-refractivity contribution is 5.29. The van der Waals surface area contributed by atoms with Crippen molar-refractivity contribution < 1.29 is 13.5 Å². The molecule has 2 nitrogen and oxygen atoms in total. The summed E-state index contributed by atoms with van der Waals surface area (Å²) in [7, 11) is 1.90. The van der Waals surface area contributed by atoms with E-state index in [9.17, 15) is 8.78 Å². The van der Waals surface area contributed by atoms with E-state index in [1.165, 1.54) is 0 Å². The van der Waals surface area contributed by atoms with E-state index in [2.05, 4.69) is 5.32 Å². The molecule has 0 aliphatic heterocycles. The molecule has 1 aliphatic rings. The molecule has 1 saturated carbocycles. The van der Waals surface area contributed by atoms with E-state index < -0.39 is 5.92 Å². The van der Waals surface area contributed by atoms with Crippen molar-refractivity contribution in [1.29, 1.82) is 0 Å². The lowest BCUT2D eigenvalue weighted by Gasteiger charge is -2.34. The van der Waals surface area contributed by atoms with Crippen LogP contribution in [0.5, 0.6) is 5.75 Å². The first-order valence-electron chi connectivity index (χ1n) is 7.33. The molecule has 1 unspecified atom stereocenters. The van der Waals surface area contributed by atoms with E-state index in [0.29, 0.717) is 19.4 Å². The molecule has 112 valence electrons. The largest absolute Gasteiger partial charge is 0.494 e. The Hall–Kier alpha value is -1.16. The third kappa shape index (κ3) is 3.69. The summed E-state index contributed by atoms with van der Waals surface area (Å²) in [5.41, 5.74) is 1.14. The van der Waals surface area contributed by atoms with Crippen LogP contribution in [0.2, 0.25) is 0 Å². The topological polar surface area (TPSA) is 21.3 Å². The fraction of sp³-hybridized carbons (Fsp3) is 0.625. The van der Waals surface area contributed by atoms with Crippen molar-refractivity contribution in [3.63, 3.8) is 0 Å². The lowest BCUT2D eigenvalue weighted by Crippen LogP contribution is -2.32. The number of nitrogens with one attached hydrogen (secondary N) is 1. The molecule has 0 heterocycles. The summed E-state index contributed by atoms with van der Waals surface area (Å²) in [4.78, 5) is 0. The van der Waals surface area contributed by atoms with Gasteiger partial charge in [-0.25, -0.2) is 8.78 Å². The highest BCUT2D eigenvalue weighted by Gasteiger charge is 2.37. The Bertz CT molecular complexity index is 409. The molecule has 1 atom stereocenters. The monoisotopic (exact) mass is 283 g/mol. The minimum absolute atomic E-state index is 0.00682. The van der Waals surface area contributed by atoms with Crippen molar-refractivity contribution in [2.24, 2.45) is 5.92 Å². The summed E-state index contributed by atoms with van der Waals surface area (Å²) < 4.78 is 31.9. The molecule has 1 fully saturated rings. The number of alkyl halides is 2. The number of hydrogen-bond donors (Lipinski definition) is 1. The predicted octanol–water partition coefficient (Wildman–Crippen LogP) is 4.17. The average Bonchev–Trinajstić information content (AvgIpc) is 2.43. The van der Waals surface area contributed by atoms with Gasteiger partial charge in [0.25, 0.3) is 0 Å². The average molecular weight is 283 g/mol. The molecule has 0 radical (unpaired) electrons. The number of rotatable bonds is 5. The molecule has 1 aliphatic carbocycles. The Morgan fingerprint density at radius 1 is 1.25 bits per heavy atom. The van der Waals surface area contributed by atoms with Gasteiger partial charge in [-0.3, -0.25) is 0 Å². The maximum Gasteiger partial charge on any atom is 0.248 e. The van der Waals surface area contributed by atoms with Crippen molar-refractivity contribution >= 4 is 0 Å². The van der Waals surface area contributed by atoms with Crippen LogP contribution >= 0.6 is 0 Å². The first kappa shape index (κ1) is 15.2. The van der Waals surface area contributed by atoms with Gasteiger partial charge < -0.3 is 10.1 Å². The van der Waals surface area contributed by atoms with Crippen LogP contribution < -0.4 is 10.1 Å². The van der Waals surface area contributed by atoms with E-state index in [4.69, 9.17) is 4.74 Å². The molecule has 0 spiro atoms. The van der Waals surface area contributed by atoms with Gasteiger partial charge in [0.15, 0.2) is 0 Å². The van der Waals surface area contributed by atoms with E-state index in [1.807, 2.05) is 38.2 Å². The van der Waals surface area contributed by atoms with Crippen molar-refractivity contribution in [3.05, 3.63) is 29.8 Å². The Morgan fingerprint density at radius 3 is 2.35 bits per heavy atom. The van der Waals surface area contributed by atoms with Crippen LogP contribution in [0, 0.1) is 5.92 Å². The molecule has 0 aromatic heterocycles. The van der Waals surface area contributed by atoms with E-state index in [1.54, 1.807) is 0 Å². The molecule has 20 heavy (non-hydrogen) atoms. The number of ether oxygens (including phenoxy) is 1. The van der Waals surface area contributed by atoms with E-state index >= 15 is 0 Å². The lowest BCUT2D eigenvalue weighted by molar-refractivity contribution is -0.0495. The summed E-state index contributed by atoms with van der Waals surface area (Å²) in [5, 5.41) is 3.28. The van der Waals surface area contributed by atoms with Crippen LogP contribution in [0.25, 0.3) is 0 Å². The maximum atomic E-state index is 13.2. The first-order valence-corrected chi connectivity index (χ1v) is 7.33. The third-order valence-corrected chi connectivity index (χ3v) is 4.09. The van der Waals surface area contributed by atoms with Crippen molar-refractivity contribution in [3.8, 4) is 5.75 Å². The van der Waals surface area contributed by atoms with Gasteiger partial charge in [-0.15, -0.1) is 0 Å². The molecule has 0 bridgehead atoms. The third-order valence-electron chi connectivity index (χ3n) is 4.09. The van der Waals surface area contributed by atoms with Gasteiger partial charge in [0.1, 0.15) is 5.75 Å². The molecule has 0 amide bonds. The second kappa shape index (κ2) is 6.53. The minimum Gasteiger partial charge on any atom is -0.494 e. The molecule has 1 aromatic rings. The zero-order valence-electron chi connectivity index (χ0n) is 12.2. The number of benzene rings is 1. The highest BCUT2D eigenvalue weighted by Crippen LogP contribution is 2.41. The summed E-state index contributed by atoms with van der Waals surface area (Å²) in [6, 6.07) is 8.08. The summed E-state index contributed by atoms with van der Waals surface area (Å²) in [5.74, 6) is -1.34. The Morgan fingerprint density at radius 2 is 1.85 bits per heavy atom. The van der Waals surface area contributed by atoms with Crippen molar-refractivity contribution in [1.82, 2.24) is 5.32 Å².